The van der Waals surface area contributed by atoms with Crippen LogP contribution in [0.5, 0.6) is 5.75 Å². The molecule has 0 saturated heterocycles. The number of halogens is 5. The van der Waals surface area contributed by atoms with Gasteiger partial charge in [-0.2, -0.15) is 13.2 Å². The van der Waals surface area contributed by atoms with Crippen LogP contribution in [-0.4, -0.2) is 29.8 Å². The third kappa shape index (κ3) is 4.17. The van der Waals surface area contributed by atoms with Crippen LogP contribution in [0.2, 0.25) is 0 Å². The molecule has 1 aromatic carbocycles. The molecule has 19 heavy (non-hydrogen) atoms. The molecule has 0 aliphatic heterocycles. The number of hydrogen-bond acceptors (Lipinski definition) is 3. The first-order chi connectivity index (χ1) is 8.62. The van der Waals surface area contributed by atoms with E-state index in [1.54, 1.807) is 0 Å². The van der Waals surface area contributed by atoms with E-state index in [-0.39, 0.29) is 15.8 Å². The minimum Gasteiger partial charge on any atom is -0.489 e. The molecule has 0 saturated carbocycles. The Kier molecular flexibility index (Phi) is 4.92. The van der Waals surface area contributed by atoms with E-state index in [0.29, 0.717) is 0 Å². The fraction of sp³-hybridized carbons (Fsp3) is 0.364. The Labute approximate surface area is 114 Å². The van der Waals surface area contributed by atoms with Gasteiger partial charge in [-0.15, -0.1) is 0 Å². The van der Waals surface area contributed by atoms with Crippen molar-refractivity contribution in [1.29, 1.82) is 0 Å². The van der Waals surface area contributed by atoms with E-state index < -0.39 is 30.5 Å². The summed E-state index contributed by atoms with van der Waals surface area (Å²) in [5.41, 5.74) is -0.207. The zero-order valence-electron chi connectivity index (χ0n) is 9.59. The number of carbonyl (C=O) groups excluding carboxylic acids is 1. The molecule has 0 amide bonds. The summed E-state index contributed by atoms with van der Waals surface area (Å²) in [5, 5.41) is 8.80. The molecular weight excluding hydrogens is 336 g/mol. The molecule has 1 unspecified atom stereocenters. The van der Waals surface area contributed by atoms with Crippen LogP contribution in [-0.2, 0) is 0 Å². The maximum absolute atomic E-state index is 13.1. The highest BCUT2D eigenvalue weighted by atomic mass is 79.9. The van der Waals surface area contributed by atoms with Gasteiger partial charge in [-0.05, 0) is 35.0 Å². The van der Waals surface area contributed by atoms with E-state index in [2.05, 4.69) is 15.9 Å². The van der Waals surface area contributed by atoms with Crippen molar-refractivity contribution < 1.29 is 32.2 Å². The average Bonchev–Trinajstić information content (AvgIpc) is 2.24. The van der Waals surface area contributed by atoms with Crippen molar-refractivity contribution in [2.75, 3.05) is 6.61 Å². The van der Waals surface area contributed by atoms with E-state index in [1.165, 1.54) is 0 Å². The lowest BCUT2D eigenvalue weighted by atomic mass is 10.1. The number of aliphatic hydroxyl groups is 1. The van der Waals surface area contributed by atoms with Crippen LogP contribution in [0.25, 0.3) is 0 Å². The Morgan fingerprint density at radius 2 is 2.05 bits per heavy atom. The molecule has 1 rings (SSSR count). The number of hydrogen-bond donors (Lipinski definition) is 1. The normalized spacial score (nSPS) is 13.2. The predicted octanol–water partition coefficient (Wildman–Crippen LogP) is 3.09. The molecule has 0 bridgehead atoms. The lowest BCUT2D eigenvalue weighted by Gasteiger charge is -2.17. The van der Waals surface area contributed by atoms with E-state index >= 15 is 0 Å². The number of rotatable bonds is 4. The molecule has 1 atom stereocenters. The number of alkyl halides is 3. The standard InChI is InChI=1S/C11H9BrF4O3/c1-5(17)7-2-6(13)3-8(12)10(7)19-4-9(18)11(14,15)16/h2-3,9,18H,4H2,1H3. The number of ketones is 1. The van der Waals surface area contributed by atoms with Crippen molar-refractivity contribution in [3.8, 4) is 5.75 Å². The third-order valence-electron chi connectivity index (χ3n) is 2.15. The molecule has 0 radical (unpaired) electrons. The van der Waals surface area contributed by atoms with Gasteiger partial charge in [0.25, 0.3) is 0 Å². The summed E-state index contributed by atoms with van der Waals surface area (Å²) in [7, 11) is 0. The van der Waals surface area contributed by atoms with Gasteiger partial charge in [0.2, 0.25) is 0 Å². The highest BCUT2D eigenvalue weighted by molar-refractivity contribution is 9.10. The lowest BCUT2D eigenvalue weighted by molar-refractivity contribution is -0.210. The van der Waals surface area contributed by atoms with Crippen LogP contribution in [0, 0.1) is 5.82 Å². The highest BCUT2D eigenvalue weighted by Crippen LogP contribution is 2.32. The van der Waals surface area contributed by atoms with Crippen molar-refractivity contribution in [1.82, 2.24) is 0 Å². The first-order valence-corrected chi connectivity index (χ1v) is 5.79. The Morgan fingerprint density at radius 1 is 1.47 bits per heavy atom. The van der Waals surface area contributed by atoms with Gasteiger partial charge in [-0.1, -0.05) is 0 Å². The second-order valence-electron chi connectivity index (χ2n) is 3.69. The number of ether oxygens (including phenoxy) is 1. The summed E-state index contributed by atoms with van der Waals surface area (Å²) in [5.74, 6) is -1.55. The van der Waals surface area contributed by atoms with Gasteiger partial charge in [0.15, 0.2) is 11.9 Å². The van der Waals surface area contributed by atoms with Crippen LogP contribution in [0.3, 0.4) is 0 Å². The maximum atomic E-state index is 13.1. The molecular formula is C11H9BrF4O3. The largest absolute Gasteiger partial charge is 0.489 e. The van der Waals surface area contributed by atoms with Crippen LogP contribution in [0.15, 0.2) is 16.6 Å². The smallest absolute Gasteiger partial charge is 0.417 e. The van der Waals surface area contributed by atoms with Gasteiger partial charge in [0, 0.05) is 0 Å². The van der Waals surface area contributed by atoms with Crippen LogP contribution in [0.1, 0.15) is 17.3 Å². The Bertz CT molecular complexity index is 488. The Hall–Kier alpha value is -1.15. The van der Waals surface area contributed by atoms with E-state index in [0.717, 1.165) is 19.1 Å². The molecule has 0 aromatic heterocycles. The zero-order chi connectivity index (χ0) is 14.8. The van der Waals surface area contributed by atoms with E-state index in [4.69, 9.17) is 9.84 Å². The zero-order valence-corrected chi connectivity index (χ0v) is 11.2. The molecule has 8 heteroatoms. The third-order valence-corrected chi connectivity index (χ3v) is 2.74. The summed E-state index contributed by atoms with van der Waals surface area (Å²) >= 11 is 2.89. The average molecular weight is 345 g/mol. The van der Waals surface area contributed by atoms with Gasteiger partial charge in [-0.25, -0.2) is 4.39 Å². The van der Waals surface area contributed by atoms with Gasteiger partial charge in [-0.3, -0.25) is 4.79 Å². The summed E-state index contributed by atoms with van der Waals surface area (Å²) in [6, 6.07) is 1.80. The topological polar surface area (TPSA) is 46.5 Å². The van der Waals surface area contributed by atoms with Gasteiger partial charge in [0.05, 0.1) is 10.0 Å². The van der Waals surface area contributed by atoms with Crippen molar-refractivity contribution in [3.05, 3.63) is 28.0 Å². The Morgan fingerprint density at radius 3 is 2.53 bits per heavy atom. The van der Waals surface area contributed by atoms with Crippen molar-refractivity contribution in [2.45, 2.75) is 19.2 Å². The molecule has 106 valence electrons. The molecule has 1 N–H and O–H groups in total. The molecule has 0 aliphatic rings. The van der Waals surface area contributed by atoms with Crippen molar-refractivity contribution in [3.63, 3.8) is 0 Å². The molecule has 3 nitrogen and oxygen atoms in total. The molecule has 0 aliphatic carbocycles. The van der Waals surface area contributed by atoms with Crippen molar-refractivity contribution in [2.24, 2.45) is 0 Å². The Balaban J connectivity index is 2.98. The first kappa shape index (κ1) is 15.9. The predicted molar refractivity (Wildman–Crippen MR) is 61.7 cm³/mol. The quantitative estimate of drug-likeness (QED) is 0.674. The fourth-order valence-electron chi connectivity index (χ4n) is 1.23. The monoisotopic (exact) mass is 344 g/mol. The van der Waals surface area contributed by atoms with Gasteiger partial charge >= 0.3 is 6.18 Å². The van der Waals surface area contributed by atoms with E-state index in [9.17, 15) is 22.4 Å². The van der Waals surface area contributed by atoms with Crippen LogP contribution < -0.4 is 4.74 Å². The minimum absolute atomic E-state index is 0.00734. The molecule has 0 spiro atoms. The van der Waals surface area contributed by atoms with Crippen LogP contribution in [0.4, 0.5) is 17.6 Å². The minimum atomic E-state index is -4.83. The van der Waals surface area contributed by atoms with E-state index in [1.807, 2.05) is 0 Å². The van der Waals surface area contributed by atoms with Gasteiger partial charge < -0.3 is 9.84 Å². The maximum Gasteiger partial charge on any atom is 0.417 e. The van der Waals surface area contributed by atoms with Gasteiger partial charge in [0.1, 0.15) is 18.2 Å². The fourth-order valence-corrected chi connectivity index (χ4v) is 1.77. The summed E-state index contributed by atoms with van der Waals surface area (Å²) in [6.45, 7) is 0.0300. The number of benzene rings is 1. The number of aliphatic hydroxyl groups excluding tert-OH is 1. The highest BCUT2D eigenvalue weighted by Gasteiger charge is 2.39. The first-order valence-electron chi connectivity index (χ1n) is 5.00. The lowest BCUT2D eigenvalue weighted by Crippen LogP contribution is -2.34. The molecule has 0 heterocycles. The molecule has 0 fully saturated rings. The van der Waals surface area contributed by atoms with Crippen molar-refractivity contribution >= 4 is 21.7 Å². The molecule has 1 aromatic rings. The summed E-state index contributed by atoms with van der Waals surface area (Å²) in [4.78, 5) is 11.3. The van der Waals surface area contributed by atoms with Crippen LogP contribution >= 0.6 is 15.9 Å². The summed E-state index contributed by atoms with van der Waals surface area (Å²) < 4.78 is 54.2. The SMILES string of the molecule is CC(=O)c1cc(F)cc(Br)c1OCC(O)C(F)(F)F. The second kappa shape index (κ2) is 5.87. The summed E-state index contributed by atoms with van der Waals surface area (Å²) in [6.07, 6.45) is -7.52. The second-order valence-corrected chi connectivity index (χ2v) is 4.54. The number of Topliss-reactive ketones (excluding diaryl/α,β-unsaturated/α-hetero) is 1. The number of carbonyl (C=O) groups is 1.